The van der Waals surface area contributed by atoms with Gasteiger partial charge in [0.25, 0.3) is 0 Å². The Hall–Kier alpha value is -8.60. The highest BCUT2D eigenvalue weighted by Gasteiger charge is 2.31. The maximum atomic E-state index is 5.23. The van der Waals surface area contributed by atoms with Crippen molar-refractivity contribution in [3.8, 4) is 84.2 Å². The van der Waals surface area contributed by atoms with Crippen LogP contribution in [0.2, 0.25) is 0 Å². The van der Waals surface area contributed by atoms with Gasteiger partial charge in [-0.2, -0.15) is 0 Å². The number of para-hydroxylation sites is 3. The molecule has 0 saturated heterocycles. The Bertz CT molecular complexity index is 3370. The molecule has 0 fully saturated rings. The number of anilines is 3. The molecule has 0 unspecified atom stereocenters. The summed E-state index contributed by atoms with van der Waals surface area (Å²) in [6, 6.07) is 86.5. The van der Waals surface area contributed by atoms with Crippen molar-refractivity contribution in [1.29, 1.82) is 0 Å². The summed E-state index contributed by atoms with van der Waals surface area (Å²) in [5, 5.41) is 1.18. The van der Waals surface area contributed by atoms with Crippen LogP contribution in [-0.2, 0) is 0 Å². The molecule has 3 heterocycles. The smallest absolute Gasteiger partial charge is 0.160 e. The normalized spacial score (nSPS) is 11.7. The lowest BCUT2D eigenvalue weighted by atomic mass is 9.97. The zero-order valence-corrected chi connectivity index (χ0v) is 34.9. The third-order valence-electron chi connectivity index (χ3n) is 12.3. The highest BCUT2D eigenvalue weighted by Crippen LogP contribution is 2.55. The molecule has 0 N–H and O–H groups in total. The highest BCUT2D eigenvalue weighted by molar-refractivity contribution is 6.13. The van der Waals surface area contributed by atoms with Crippen molar-refractivity contribution in [3.63, 3.8) is 0 Å². The molecule has 2 aromatic heterocycles. The van der Waals surface area contributed by atoms with E-state index in [1.54, 1.807) is 0 Å². The van der Waals surface area contributed by atoms with Crippen LogP contribution < -0.4 is 4.90 Å². The molecule has 4 nitrogen and oxygen atoms in total. The average Bonchev–Trinajstić information content (AvgIpc) is 3.66. The van der Waals surface area contributed by atoms with E-state index in [-0.39, 0.29) is 0 Å². The lowest BCUT2D eigenvalue weighted by molar-refractivity contribution is 1.13. The van der Waals surface area contributed by atoms with Crippen molar-refractivity contribution in [2.45, 2.75) is 0 Å². The van der Waals surface area contributed by atoms with Gasteiger partial charge in [0, 0.05) is 50.1 Å². The van der Waals surface area contributed by atoms with Crippen molar-refractivity contribution in [2.24, 2.45) is 0 Å². The van der Waals surface area contributed by atoms with Gasteiger partial charge in [-0.05, 0) is 76.9 Å². The van der Waals surface area contributed by atoms with Crippen LogP contribution in [0.15, 0.2) is 243 Å². The summed E-state index contributed by atoms with van der Waals surface area (Å²) in [5.41, 5.74) is 19.6. The van der Waals surface area contributed by atoms with Crippen LogP contribution in [0.4, 0.5) is 17.1 Å². The van der Waals surface area contributed by atoms with Gasteiger partial charge in [0.1, 0.15) is 0 Å². The largest absolute Gasteiger partial charge is 0.309 e. The van der Waals surface area contributed by atoms with E-state index < -0.39 is 0 Å². The van der Waals surface area contributed by atoms with Crippen LogP contribution in [0.5, 0.6) is 0 Å². The third-order valence-corrected chi connectivity index (χ3v) is 12.3. The average molecular weight is 817 g/mol. The van der Waals surface area contributed by atoms with E-state index in [0.29, 0.717) is 5.82 Å². The molecule has 0 aliphatic carbocycles. The zero-order chi connectivity index (χ0) is 42.4. The summed E-state index contributed by atoms with van der Waals surface area (Å²) >= 11 is 0. The van der Waals surface area contributed by atoms with Gasteiger partial charge in [-0.1, -0.05) is 188 Å². The quantitative estimate of drug-likeness (QED) is 0.161. The number of aromatic nitrogens is 3. The molecule has 12 rings (SSSR count). The molecule has 0 amide bonds. The molecule has 0 atom stereocenters. The molecular weight excluding hydrogens is 777 g/mol. The van der Waals surface area contributed by atoms with Crippen molar-refractivity contribution in [2.75, 3.05) is 4.90 Å². The Morgan fingerprint density at radius 3 is 1.39 bits per heavy atom. The van der Waals surface area contributed by atoms with Gasteiger partial charge in [0.05, 0.1) is 34.0 Å². The maximum absolute atomic E-state index is 5.23. The van der Waals surface area contributed by atoms with E-state index in [1.807, 2.05) is 12.1 Å². The van der Waals surface area contributed by atoms with Crippen molar-refractivity contribution >= 4 is 28.0 Å². The summed E-state index contributed by atoms with van der Waals surface area (Å²) in [4.78, 5) is 12.9. The predicted molar refractivity (Wildman–Crippen MR) is 265 cm³/mol. The minimum Gasteiger partial charge on any atom is -0.309 e. The van der Waals surface area contributed by atoms with Crippen LogP contribution >= 0.6 is 0 Å². The van der Waals surface area contributed by atoms with Crippen molar-refractivity contribution < 1.29 is 0 Å². The lowest BCUT2D eigenvalue weighted by Crippen LogP contribution is -2.11. The summed E-state index contributed by atoms with van der Waals surface area (Å²) in [7, 11) is 0. The Morgan fingerprint density at radius 2 is 0.781 bits per heavy atom. The van der Waals surface area contributed by atoms with E-state index in [1.165, 1.54) is 22.1 Å². The predicted octanol–water partition coefficient (Wildman–Crippen LogP) is 15.9. The van der Waals surface area contributed by atoms with Gasteiger partial charge in [0.15, 0.2) is 5.82 Å². The molecule has 4 heteroatoms. The zero-order valence-electron chi connectivity index (χ0n) is 34.9. The first kappa shape index (κ1) is 37.2. The number of hydrogen-bond acceptors (Lipinski definition) is 3. The third kappa shape index (κ3) is 6.48. The second-order valence-electron chi connectivity index (χ2n) is 16.2. The van der Waals surface area contributed by atoms with E-state index in [4.69, 9.17) is 9.97 Å². The topological polar surface area (TPSA) is 34.0 Å². The molecule has 11 aromatic rings. The minimum absolute atomic E-state index is 0.675. The molecule has 1 aliphatic heterocycles. The monoisotopic (exact) mass is 816 g/mol. The Balaban J connectivity index is 1.09. The van der Waals surface area contributed by atoms with Crippen molar-refractivity contribution in [3.05, 3.63) is 243 Å². The summed E-state index contributed by atoms with van der Waals surface area (Å²) < 4.78 is 2.45. The second kappa shape index (κ2) is 15.7. The molecule has 0 spiro atoms. The van der Waals surface area contributed by atoms with Gasteiger partial charge in [0.2, 0.25) is 0 Å². The van der Waals surface area contributed by atoms with Crippen LogP contribution in [-0.4, -0.2) is 14.5 Å². The standard InChI is InChI=1S/C60H40N4/c1-5-20-41(21-6-1)46-36-47(42-22-7-2-8-23-42)39-49(38-46)63-55-33-16-13-30-50(55)58-51-31-14-17-34-56(51)64(59(58)52-32-15-18-35-57(52)63)48-29-19-28-45(37-48)60-61-53(43-24-9-3-10-25-43)40-54(62-60)44-26-11-4-12-27-44/h1-40H. The molecule has 1 aliphatic rings. The van der Waals surface area contributed by atoms with E-state index in [0.717, 1.165) is 84.3 Å². The Kier molecular flexibility index (Phi) is 9.12. The fraction of sp³-hybridized carbons (Fsp3) is 0. The van der Waals surface area contributed by atoms with Crippen LogP contribution in [0.25, 0.3) is 95.1 Å². The molecule has 0 radical (unpaired) electrons. The number of hydrogen-bond donors (Lipinski definition) is 0. The molecule has 9 aromatic carbocycles. The van der Waals surface area contributed by atoms with Crippen LogP contribution in [0.3, 0.4) is 0 Å². The Morgan fingerprint density at radius 1 is 0.312 bits per heavy atom. The van der Waals surface area contributed by atoms with Gasteiger partial charge in [-0.25, -0.2) is 9.97 Å². The molecule has 0 saturated carbocycles. The summed E-state index contributed by atoms with van der Waals surface area (Å²) in [5.74, 6) is 0.675. The van der Waals surface area contributed by atoms with Gasteiger partial charge in [-0.15, -0.1) is 0 Å². The minimum atomic E-state index is 0.675. The molecular formula is C60H40N4. The van der Waals surface area contributed by atoms with Crippen molar-refractivity contribution in [1.82, 2.24) is 14.5 Å². The summed E-state index contributed by atoms with van der Waals surface area (Å²) in [6.45, 7) is 0. The summed E-state index contributed by atoms with van der Waals surface area (Å²) in [6.07, 6.45) is 0. The first-order valence-electron chi connectivity index (χ1n) is 21.7. The SMILES string of the molecule is c1ccc(-c2cc(-c3ccccc3)cc(N3c4ccccc4-c4c(n(-c5cccc(-c6nc(-c7ccccc7)cc(-c7ccccc7)n6)c5)c5ccccc45)-c4ccccc43)c2)cc1. The Labute approximate surface area is 372 Å². The lowest BCUT2D eigenvalue weighted by Gasteiger charge is -2.28. The van der Waals surface area contributed by atoms with Gasteiger partial charge in [-0.3, -0.25) is 0 Å². The molecule has 300 valence electrons. The van der Waals surface area contributed by atoms with E-state index >= 15 is 0 Å². The fourth-order valence-corrected chi connectivity index (χ4v) is 9.40. The number of rotatable bonds is 7. The van der Waals surface area contributed by atoms with E-state index in [9.17, 15) is 0 Å². The number of fused-ring (bicyclic) bond motifs is 7. The van der Waals surface area contributed by atoms with E-state index in [2.05, 4.69) is 240 Å². The first-order valence-corrected chi connectivity index (χ1v) is 21.7. The fourth-order valence-electron chi connectivity index (χ4n) is 9.40. The number of benzene rings is 9. The van der Waals surface area contributed by atoms with Crippen LogP contribution in [0.1, 0.15) is 0 Å². The van der Waals surface area contributed by atoms with Gasteiger partial charge >= 0.3 is 0 Å². The number of nitrogens with zero attached hydrogens (tertiary/aromatic N) is 4. The maximum Gasteiger partial charge on any atom is 0.160 e. The first-order chi connectivity index (χ1) is 31.7. The molecule has 0 bridgehead atoms. The second-order valence-corrected chi connectivity index (χ2v) is 16.2. The van der Waals surface area contributed by atoms with Gasteiger partial charge < -0.3 is 9.47 Å². The highest BCUT2D eigenvalue weighted by atomic mass is 15.2. The van der Waals surface area contributed by atoms with Crippen LogP contribution in [0, 0.1) is 0 Å². The molecule has 64 heavy (non-hydrogen) atoms.